The summed E-state index contributed by atoms with van der Waals surface area (Å²) in [6.45, 7) is 11.6. The van der Waals surface area contributed by atoms with E-state index in [0.29, 0.717) is 5.57 Å². The number of aliphatic hydroxyl groups excluding tert-OH is 1. The molecule has 0 saturated carbocycles. The molecule has 90 valence electrons. The van der Waals surface area contributed by atoms with Crippen molar-refractivity contribution in [3.63, 3.8) is 0 Å². The Labute approximate surface area is 96.8 Å². The standard InChI is InChI=1S/C13H20O3/c1-6-13(5,8(2)3)7-10-11(14)9(4)16-12(10)15/h7,9,11,14H,2,6H2,1,3-5H3/b10-7+/t9-,11+,13?/m0/s1. The van der Waals surface area contributed by atoms with Crippen LogP contribution in [0, 0.1) is 5.41 Å². The predicted octanol–water partition coefficient (Wildman–Crippen LogP) is 2.21. The summed E-state index contributed by atoms with van der Waals surface area (Å²) in [6, 6.07) is 0. The van der Waals surface area contributed by atoms with Crippen LogP contribution in [0.4, 0.5) is 0 Å². The van der Waals surface area contributed by atoms with E-state index < -0.39 is 18.2 Å². The van der Waals surface area contributed by atoms with Crippen molar-refractivity contribution in [2.45, 2.75) is 46.3 Å². The largest absolute Gasteiger partial charge is 0.456 e. The summed E-state index contributed by atoms with van der Waals surface area (Å²) in [5.74, 6) is -0.416. The molecule has 0 bridgehead atoms. The number of carbonyl (C=O) groups is 1. The highest BCUT2D eigenvalue weighted by molar-refractivity contribution is 5.92. The Balaban J connectivity index is 3.08. The summed E-state index contributed by atoms with van der Waals surface area (Å²) in [7, 11) is 0. The predicted molar refractivity (Wildman–Crippen MR) is 62.9 cm³/mol. The lowest BCUT2D eigenvalue weighted by Crippen LogP contribution is -2.21. The van der Waals surface area contributed by atoms with Crippen LogP contribution in [-0.4, -0.2) is 23.3 Å². The van der Waals surface area contributed by atoms with Crippen molar-refractivity contribution < 1.29 is 14.6 Å². The Bertz CT molecular complexity index is 343. The number of allylic oxidation sites excluding steroid dienone is 2. The van der Waals surface area contributed by atoms with Gasteiger partial charge in [-0.15, -0.1) is 0 Å². The number of rotatable bonds is 3. The maximum atomic E-state index is 11.5. The normalized spacial score (nSPS) is 31.3. The van der Waals surface area contributed by atoms with Crippen molar-refractivity contribution in [1.82, 2.24) is 0 Å². The fraction of sp³-hybridized carbons (Fsp3) is 0.615. The fourth-order valence-corrected chi connectivity index (χ4v) is 1.69. The highest BCUT2D eigenvalue weighted by Crippen LogP contribution is 2.35. The molecule has 0 spiro atoms. The molecule has 1 fully saturated rings. The summed E-state index contributed by atoms with van der Waals surface area (Å²) < 4.78 is 4.97. The van der Waals surface area contributed by atoms with Crippen molar-refractivity contribution in [2.24, 2.45) is 5.41 Å². The first kappa shape index (κ1) is 13.0. The molecule has 1 heterocycles. The second kappa shape index (κ2) is 4.42. The number of ether oxygens (including phenoxy) is 1. The molecular formula is C13H20O3. The molecular weight excluding hydrogens is 204 g/mol. The third kappa shape index (κ3) is 2.19. The van der Waals surface area contributed by atoms with Crippen LogP contribution in [0.25, 0.3) is 0 Å². The summed E-state index contributed by atoms with van der Waals surface area (Å²) >= 11 is 0. The van der Waals surface area contributed by atoms with Crippen molar-refractivity contribution in [1.29, 1.82) is 0 Å². The number of hydrogen-bond acceptors (Lipinski definition) is 3. The van der Waals surface area contributed by atoms with Crippen LogP contribution in [0.2, 0.25) is 0 Å². The lowest BCUT2D eigenvalue weighted by Gasteiger charge is -2.25. The van der Waals surface area contributed by atoms with E-state index in [1.54, 1.807) is 13.0 Å². The summed E-state index contributed by atoms with van der Waals surface area (Å²) in [6.07, 6.45) is 1.36. The van der Waals surface area contributed by atoms with E-state index in [-0.39, 0.29) is 5.41 Å². The molecule has 16 heavy (non-hydrogen) atoms. The number of esters is 1. The first-order chi connectivity index (χ1) is 7.31. The lowest BCUT2D eigenvalue weighted by molar-refractivity contribution is -0.138. The Kier molecular flexibility index (Phi) is 3.58. The zero-order chi connectivity index (χ0) is 12.5. The van der Waals surface area contributed by atoms with Gasteiger partial charge in [-0.1, -0.05) is 32.1 Å². The number of carbonyl (C=O) groups excluding carboxylic acids is 1. The van der Waals surface area contributed by atoms with Crippen LogP contribution >= 0.6 is 0 Å². The molecule has 1 saturated heterocycles. The molecule has 1 aliphatic rings. The van der Waals surface area contributed by atoms with Gasteiger partial charge in [0.15, 0.2) is 0 Å². The van der Waals surface area contributed by atoms with Crippen molar-refractivity contribution in [3.8, 4) is 0 Å². The van der Waals surface area contributed by atoms with E-state index >= 15 is 0 Å². The van der Waals surface area contributed by atoms with Gasteiger partial charge in [0.05, 0.1) is 5.57 Å². The van der Waals surface area contributed by atoms with Gasteiger partial charge in [0.25, 0.3) is 0 Å². The van der Waals surface area contributed by atoms with Crippen molar-refractivity contribution >= 4 is 5.97 Å². The second-order valence-corrected chi connectivity index (χ2v) is 4.71. The topological polar surface area (TPSA) is 46.5 Å². The van der Waals surface area contributed by atoms with E-state index in [4.69, 9.17) is 4.74 Å². The molecule has 3 nitrogen and oxygen atoms in total. The Morgan fingerprint density at radius 3 is 2.56 bits per heavy atom. The van der Waals surface area contributed by atoms with Crippen LogP contribution in [0.3, 0.4) is 0 Å². The maximum absolute atomic E-state index is 11.5. The quantitative estimate of drug-likeness (QED) is 0.454. The monoisotopic (exact) mass is 224 g/mol. The first-order valence-electron chi connectivity index (χ1n) is 5.59. The molecule has 1 N–H and O–H groups in total. The SMILES string of the molecule is C=C(C)C(C)(/C=C1/C(=O)O[C@@H](C)[C@H]1O)CC. The second-order valence-electron chi connectivity index (χ2n) is 4.71. The molecule has 0 aromatic rings. The Morgan fingerprint density at radius 1 is 1.69 bits per heavy atom. The lowest BCUT2D eigenvalue weighted by atomic mass is 9.79. The van der Waals surface area contributed by atoms with Gasteiger partial charge in [-0.25, -0.2) is 4.79 Å². The summed E-state index contributed by atoms with van der Waals surface area (Å²) in [5.41, 5.74) is 1.07. The Morgan fingerprint density at radius 2 is 2.25 bits per heavy atom. The summed E-state index contributed by atoms with van der Waals surface area (Å²) in [5, 5.41) is 9.82. The van der Waals surface area contributed by atoms with Gasteiger partial charge in [0.1, 0.15) is 12.2 Å². The van der Waals surface area contributed by atoms with Crippen LogP contribution < -0.4 is 0 Å². The minimum Gasteiger partial charge on any atom is -0.456 e. The van der Waals surface area contributed by atoms with Crippen molar-refractivity contribution in [3.05, 3.63) is 23.8 Å². The van der Waals surface area contributed by atoms with Crippen LogP contribution in [0.1, 0.15) is 34.1 Å². The molecule has 3 atom stereocenters. The zero-order valence-corrected chi connectivity index (χ0v) is 10.4. The molecule has 1 aliphatic heterocycles. The van der Waals surface area contributed by atoms with Gasteiger partial charge in [-0.2, -0.15) is 0 Å². The highest BCUT2D eigenvalue weighted by Gasteiger charge is 2.37. The highest BCUT2D eigenvalue weighted by atomic mass is 16.6. The van der Waals surface area contributed by atoms with Gasteiger partial charge in [0, 0.05) is 5.41 Å². The molecule has 0 aliphatic carbocycles. The van der Waals surface area contributed by atoms with Gasteiger partial charge < -0.3 is 9.84 Å². The number of aliphatic hydroxyl groups is 1. The van der Waals surface area contributed by atoms with Crippen LogP contribution in [0.5, 0.6) is 0 Å². The molecule has 3 heteroatoms. The molecule has 1 unspecified atom stereocenters. The van der Waals surface area contributed by atoms with E-state index in [2.05, 4.69) is 6.58 Å². The zero-order valence-electron chi connectivity index (χ0n) is 10.4. The number of cyclic esters (lactones) is 1. The molecule has 0 aromatic carbocycles. The smallest absolute Gasteiger partial charge is 0.336 e. The van der Waals surface area contributed by atoms with Gasteiger partial charge in [-0.05, 0) is 20.3 Å². The van der Waals surface area contributed by atoms with E-state index in [9.17, 15) is 9.90 Å². The third-order valence-electron chi connectivity index (χ3n) is 3.48. The number of hydrogen-bond donors (Lipinski definition) is 1. The van der Waals surface area contributed by atoms with E-state index in [1.165, 1.54) is 0 Å². The average Bonchev–Trinajstić information content (AvgIpc) is 2.44. The van der Waals surface area contributed by atoms with Crippen LogP contribution in [-0.2, 0) is 9.53 Å². The minimum atomic E-state index is -0.822. The Hall–Kier alpha value is -1.09. The van der Waals surface area contributed by atoms with E-state index in [1.807, 2.05) is 20.8 Å². The molecule has 0 radical (unpaired) electrons. The van der Waals surface area contributed by atoms with Gasteiger partial charge >= 0.3 is 5.97 Å². The summed E-state index contributed by atoms with van der Waals surface area (Å²) in [4.78, 5) is 11.5. The van der Waals surface area contributed by atoms with Gasteiger partial charge in [-0.3, -0.25) is 0 Å². The van der Waals surface area contributed by atoms with Crippen LogP contribution in [0.15, 0.2) is 23.8 Å². The van der Waals surface area contributed by atoms with E-state index in [0.717, 1.165) is 12.0 Å². The molecule has 0 aromatic heterocycles. The third-order valence-corrected chi connectivity index (χ3v) is 3.48. The average molecular weight is 224 g/mol. The molecule has 1 rings (SSSR count). The van der Waals surface area contributed by atoms with Gasteiger partial charge in [0.2, 0.25) is 0 Å². The fourth-order valence-electron chi connectivity index (χ4n) is 1.69. The first-order valence-corrected chi connectivity index (χ1v) is 5.59. The molecule has 0 amide bonds. The maximum Gasteiger partial charge on any atom is 0.336 e. The minimum absolute atomic E-state index is 0.264. The van der Waals surface area contributed by atoms with Crippen molar-refractivity contribution in [2.75, 3.05) is 0 Å².